The Bertz CT molecular complexity index is 1100. The van der Waals surface area contributed by atoms with Crippen molar-refractivity contribution >= 4 is 34.4 Å². The molecular weight excluding hydrogens is 360 g/mol. The van der Waals surface area contributed by atoms with Gasteiger partial charge >= 0.3 is 0 Å². The van der Waals surface area contributed by atoms with Crippen molar-refractivity contribution in [1.82, 2.24) is 20.1 Å². The highest BCUT2D eigenvalue weighted by Gasteiger charge is 2.18. The van der Waals surface area contributed by atoms with E-state index in [2.05, 4.69) is 20.7 Å². The lowest BCUT2D eigenvalue weighted by atomic mass is 10.1. The third-order valence-corrected chi connectivity index (χ3v) is 4.15. The molecule has 1 aromatic carbocycles. The van der Waals surface area contributed by atoms with Gasteiger partial charge in [-0.25, -0.2) is 4.98 Å². The van der Waals surface area contributed by atoms with E-state index in [4.69, 9.17) is 5.73 Å². The molecule has 0 bridgehead atoms. The molecule has 2 heterocycles. The number of pyridine rings is 1. The molecule has 0 unspecified atom stereocenters. The number of nitrogens with one attached hydrogen (secondary N) is 2. The van der Waals surface area contributed by atoms with Crippen LogP contribution in [0.15, 0.2) is 30.3 Å². The molecule has 0 atom stereocenters. The van der Waals surface area contributed by atoms with Crippen molar-refractivity contribution < 1.29 is 14.4 Å². The second-order valence-corrected chi connectivity index (χ2v) is 6.40. The maximum atomic E-state index is 12.9. The first-order chi connectivity index (χ1) is 13.3. The Morgan fingerprint density at radius 1 is 1.14 bits per heavy atom. The third kappa shape index (κ3) is 3.83. The van der Waals surface area contributed by atoms with Crippen molar-refractivity contribution in [3.8, 4) is 0 Å². The van der Waals surface area contributed by atoms with Crippen LogP contribution in [0.1, 0.15) is 32.1 Å². The van der Waals surface area contributed by atoms with Gasteiger partial charge in [0, 0.05) is 24.0 Å². The van der Waals surface area contributed by atoms with Crippen LogP contribution < -0.4 is 16.4 Å². The molecule has 0 spiro atoms. The second-order valence-electron chi connectivity index (χ2n) is 6.40. The molecule has 2 aromatic heterocycles. The lowest BCUT2D eigenvalue weighted by molar-refractivity contribution is -0.117. The number of hydrogen-bond acceptors (Lipinski definition) is 5. The van der Waals surface area contributed by atoms with Crippen LogP contribution in [0.5, 0.6) is 0 Å². The Balaban J connectivity index is 1.88. The largest absolute Gasteiger partial charge is 0.368 e. The van der Waals surface area contributed by atoms with Gasteiger partial charge in [0.15, 0.2) is 5.65 Å². The number of rotatable bonds is 5. The van der Waals surface area contributed by atoms with Gasteiger partial charge < -0.3 is 16.4 Å². The molecule has 9 heteroatoms. The molecule has 4 N–H and O–H groups in total. The predicted octanol–water partition coefficient (Wildman–Crippen LogP) is 1.05. The molecule has 28 heavy (non-hydrogen) atoms. The Kier molecular flexibility index (Phi) is 5.08. The molecule has 0 aliphatic carbocycles. The molecule has 3 amide bonds. The number of hydrogen-bond donors (Lipinski definition) is 3. The van der Waals surface area contributed by atoms with E-state index in [9.17, 15) is 14.4 Å². The van der Waals surface area contributed by atoms with E-state index >= 15 is 0 Å². The van der Waals surface area contributed by atoms with Gasteiger partial charge in [-0.15, -0.1) is 0 Å². The summed E-state index contributed by atoms with van der Waals surface area (Å²) in [7, 11) is 1.78. The first-order valence-corrected chi connectivity index (χ1v) is 8.55. The highest BCUT2D eigenvalue weighted by atomic mass is 16.2. The summed E-state index contributed by atoms with van der Waals surface area (Å²) in [4.78, 5) is 40.2. The molecule has 3 rings (SSSR count). The standard InChI is InChI=1S/C19H20N6O3/c1-10-7-14(16-11(2)24-25(3)17(16)22-10)19(28)23-13-6-4-5-12(8-13)18(27)21-9-15(20)26/h4-8H,9H2,1-3H3,(H2,20,26)(H,21,27)(H,23,28). The highest BCUT2D eigenvalue weighted by molar-refractivity contribution is 6.13. The fraction of sp³-hybridized carbons (Fsp3) is 0.211. The second kappa shape index (κ2) is 7.47. The van der Waals surface area contributed by atoms with Crippen LogP contribution in [-0.2, 0) is 11.8 Å². The number of nitrogens with zero attached hydrogens (tertiary/aromatic N) is 3. The van der Waals surface area contributed by atoms with Gasteiger partial charge in [-0.2, -0.15) is 5.10 Å². The van der Waals surface area contributed by atoms with Crippen LogP contribution in [-0.4, -0.2) is 39.0 Å². The number of anilines is 1. The Morgan fingerprint density at radius 3 is 2.61 bits per heavy atom. The fourth-order valence-electron chi connectivity index (χ4n) is 2.96. The van der Waals surface area contributed by atoms with Gasteiger partial charge in [-0.3, -0.25) is 19.1 Å². The number of nitrogens with two attached hydrogens (primary N) is 1. The van der Waals surface area contributed by atoms with Gasteiger partial charge in [0.05, 0.1) is 23.2 Å². The zero-order valence-electron chi connectivity index (χ0n) is 15.7. The summed E-state index contributed by atoms with van der Waals surface area (Å²) in [6.07, 6.45) is 0. The van der Waals surface area contributed by atoms with Gasteiger partial charge in [-0.1, -0.05) is 6.07 Å². The van der Waals surface area contributed by atoms with Crippen LogP contribution >= 0.6 is 0 Å². The molecule has 0 fully saturated rings. The zero-order chi connectivity index (χ0) is 20.4. The fourth-order valence-corrected chi connectivity index (χ4v) is 2.96. The monoisotopic (exact) mass is 380 g/mol. The molecular formula is C19H20N6O3. The number of benzene rings is 1. The summed E-state index contributed by atoms with van der Waals surface area (Å²) < 4.78 is 1.64. The molecule has 3 aromatic rings. The van der Waals surface area contributed by atoms with E-state index in [0.29, 0.717) is 39.2 Å². The minimum Gasteiger partial charge on any atom is -0.368 e. The molecule has 0 aliphatic rings. The van der Waals surface area contributed by atoms with Crippen molar-refractivity contribution in [2.24, 2.45) is 12.8 Å². The molecule has 0 radical (unpaired) electrons. The van der Waals surface area contributed by atoms with Crippen LogP contribution in [0.4, 0.5) is 5.69 Å². The maximum Gasteiger partial charge on any atom is 0.256 e. The zero-order valence-corrected chi connectivity index (χ0v) is 15.7. The molecule has 0 saturated carbocycles. The van der Waals surface area contributed by atoms with Crippen LogP contribution in [0, 0.1) is 13.8 Å². The number of fused-ring (bicyclic) bond motifs is 1. The summed E-state index contributed by atoms with van der Waals surface area (Å²) in [5.74, 6) is -1.43. The van der Waals surface area contributed by atoms with E-state index in [1.807, 2.05) is 13.8 Å². The van der Waals surface area contributed by atoms with Gasteiger partial charge in [0.25, 0.3) is 11.8 Å². The van der Waals surface area contributed by atoms with E-state index < -0.39 is 11.8 Å². The molecule has 144 valence electrons. The van der Waals surface area contributed by atoms with Crippen molar-refractivity contribution in [3.63, 3.8) is 0 Å². The average Bonchev–Trinajstić information content (AvgIpc) is 2.93. The average molecular weight is 380 g/mol. The topological polar surface area (TPSA) is 132 Å². The lowest BCUT2D eigenvalue weighted by Crippen LogP contribution is -2.33. The Labute approximate surface area is 160 Å². The summed E-state index contributed by atoms with van der Waals surface area (Å²) in [5, 5.41) is 10.2. The SMILES string of the molecule is Cc1cc(C(=O)Nc2cccc(C(=O)NCC(N)=O)c2)c2c(C)nn(C)c2n1. The first kappa shape index (κ1) is 19.0. The first-order valence-electron chi connectivity index (χ1n) is 8.55. The van der Waals surface area contributed by atoms with Crippen molar-refractivity contribution in [2.45, 2.75) is 13.8 Å². The summed E-state index contributed by atoms with van der Waals surface area (Å²) >= 11 is 0. The summed E-state index contributed by atoms with van der Waals surface area (Å²) in [6.45, 7) is 3.37. The van der Waals surface area contributed by atoms with E-state index in [0.717, 1.165) is 0 Å². The van der Waals surface area contributed by atoms with Crippen molar-refractivity contribution in [2.75, 3.05) is 11.9 Å². The smallest absolute Gasteiger partial charge is 0.256 e. The Morgan fingerprint density at radius 2 is 1.89 bits per heavy atom. The van der Waals surface area contributed by atoms with E-state index in [1.54, 1.807) is 36.0 Å². The normalized spacial score (nSPS) is 10.7. The van der Waals surface area contributed by atoms with Crippen molar-refractivity contribution in [3.05, 3.63) is 52.8 Å². The van der Waals surface area contributed by atoms with E-state index in [-0.39, 0.29) is 12.5 Å². The minimum absolute atomic E-state index is 0.260. The van der Waals surface area contributed by atoms with Gasteiger partial charge in [0.1, 0.15) is 0 Å². The quantitative estimate of drug-likeness (QED) is 0.609. The Hall–Kier alpha value is -3.75. The van der Waals surface area contributed by atoms with Crippen LogP contribution in [0.2, 0.25) is 0 Å². The van der Waals surface area contributed by atoms with Crippen LogP contribution in [0.25, 0.3) is 11.0 Å². The molecule has 0 aliphatic heterocycles. The highest BCUT2D eigenvalue weighted by Crippen LogP contribution is 2.23. The number of aromatic nitrogens is 3. The third-order valence-electron chi connectivity index (χ3n) is 4.15. The predicted molar refractivity (Wildman–Crippen MR) is 104 cm³/mol. The molecule has 9 nitrogen and oxygen atoms in total. The maximum absolute atomic E-state index is 12.9. The number of primary amides is 1. The van der Waals surface area contributed by atoms with Crippen molar-refractivity contribution in [1.29, 1.82) is 0 Å². The number of carbonyl (C=O) groups is 3. The summed E-state index contributed by atoms with van der Waals surface area (Å²) in [6, 6.07) is 8.11. The lowest BCUT2D eigenvalue weighted by Gasteiger charge is -2.09. The summed E-state index contributed by atoms with van der Waals surface area (Å²) in [5.41, 5.74) is 8.25. The van der Waals surface area contributed by atoms with E-state index in [1.165, 1.54) is 6.07 Å². The number of amides is 3. The number of carbonyl (C=O) groups excluding carboxylic acids is 3. The number of aryl methyl sites for hydroxylation is 3. The minimum atomic E-state index is -0.637. The van der Waals surface area contributed by atoms with Gasteiger partial charge in [-0.05, 0) is 38.1 Å². The van der Waals surface area contributed by atoms with Gasteiger partial charge in [0.2, 0.25) is 5.91 Å². The van der Waals surface area contributed by atoms with Crippen LogP contribution in [0.3, 0.4) is 0 Å². The molecule has 0 saturated heterocycles.